The Hall–Kier alpha value is -1.51. The van der Waals surface area contributed by atoms with Crippen molar-refractivity contribution in [2.24, 2.45) is 0 Å². The highest BCUT2D eigenvalue weighted by atomic mass is 16.1. The Morgan fingerprint density at radius 3 is 2.47 bits per heavy atom. The molecule has 0 aliphatic heterocycles. The predicted molar refractivity (Wildman–Crippen MR) is 72.0 cm³/mol. The zero-order chi connectivity index (χ0) is 13.1. The first-order valence-corrected chi connectivity index (χ1v) is 6.11. The number of anilines is 1. The van der Waals surface area contributed by atoms with Crippen molar-refractivity contribution >= 4 is 11.6 Å². The number of rotatable bonds is 4. The maximum atomic E-state index is 12.2. The van der Waals surface area contributed by atoms with E-state index in [0.717, 1.165) is 18.4 Å². The number of carbonyl (C=O) groups excluding carboxylic acids is 1. The molecule has 3 nitrogen and oxygen atoms in total. The van der Waals surface area contributed by atoms with Gasteiger partial charge in [-0.15, -0.1) is 0 Å². The van der Waals surface area contributed by atoms with Crippen molar-refractivity contribution in [2.75, 3.05) is 5.73 Å². The van der Waals surface area contributed by atoms with Crippen LogP contribution in [0.25, 0.3) is 0 Å². The summed E-state index contributed by atoms with van der Waals surface area (Å²) in [5.41, 5.74) is 7.84. The zero-order valence-corrected chi connectivity index (χ0v) is 11.1. The van der Waals surface area contributed by atoms with E-state index in [1.807, 2.05) is 19.1 Å². The summed E-state index contributed by atoms with van der Waals surface area (Å²) in [4.78, 5) is 12.2. The van der Waals surface area contributed by atoms with Gasteiger partial charge in [-0.3, -0.25) is 4.79 Å². The number of nitrogens with one attached hydrogen (secondary N) is 1. The average molecular weight is 234 g/mol. The second-order valence-electron chi connectivity index (χ2n) is 4.76. The molecule has 0 fully saturated rings. The lowest BCUT2D eigenvalue weighted by molar-refractivity contribution is 0.0902. The van der Waals surface area contributed by atoms with Crippen LogP contribution in [0, 0.1) is 6.92 Å². The van der Waals surface area contributed by atoms with Gasteiger partial charge in [-0.25, -0.2) is 0 Å². The number of hydrogen-bond acceptors (Lipinski definition) is 2. The summed E-state index contributed by atoms with van der Waals surface area (Å²) in [5, 5.41) is 3.06. The van der Waals surface area contributed by atoms with Crippen LogP contribution >= 0.6 is 0 Å². The van der Waals surface area contributed by atoms with E-state index < -0.39 is 0 Å². The summed E-state index contributed by atoms with van der Waals surface area (Å²) in [7, 11) is 0. The first kappa shape index (κ1) is 13.6. The number of amides is 1. The van der Waals surface area contributed by atoms with E-state index in [2.05, 4.69) is 26.1 Å². The van der Waals surface area contributed by atoms with Crippen molar-refractivity contribution in [3.05, 3.63) is 29.3 Å². The Labute approximate surface area is 103 Å². The first-order chi connectivity index (χ1) is 7.93. The lowest BCUT2D eigenvalue weighted by Gasteiger charge is -2.28. The van der Waals surface area contributed by atoms with Crippen LogP contribution in [0.15, 0.2) is 18.2 Å². The van der Waals surface area contributed by atoms with Gasteiger partial charge in [-0.1, -0.05) is 26.0 Å². The minimum atomic E-state index is -0.159. The molecule has 0 aliphatic rings. The minimum absolute atomic E-state index is 0.0857. The van der Waals surface area contributed by atoms with Crippen molar-refractivity contribution in [3.8, 4) is 0 Å². The van der Waals surface area contributed by atoms with Gasteiger partial charge in [0.2, 0.25) is 0 Å². The fourth-order valence-electron chi connectivity index (χ4n) is 1.65. The van der Waals surface area contributed by atoms with Crippen LogP contribution in [0.1, 0.15) is 49.5 Å². The number of benzene rings is 1. The lowest BCUT2D eigenvalue weighted by Crippen LogP contribution is -2.45. The van der Waals surface area contributed by atoms with Crippen LogP contribution in [0.3, 0.4) is 0 Å². The van der Waals surface area contributed by atoms with Gasteiger partial charge in [0.15, 0.2) is 0 Å². The maximum absolute atomic E-state index is 12.2. The van der Waals surface area contributed by atoms with Crippen molar-refractivity contribution in [3.63, 3.8) is 0 Å². The SMILES string of the molecule is CCC(C)(CC)NC(=O)c1cccc(C)c1N. The molecule has 0 saturated heterocycles. The second kappa shape index (κ2) is 5.21. The topological polar surface area (TPSA) is 55.1 Å². The molecule has 1 aromatic carbocycles. The number of nitrogens with two attached hydrogens (primary N) is 1. The third-order valence-corrected chi connectivity index (χ3v) is 3.54. The predicted octanol–water partition coefficient (Wildman–Crippen LogP) is 2.89. The molecule has 17 heavy (non-hydrogen) atoms. The molecule has 1 amide bonds. The van der Waals surface area contributed by atoms with E-state index in [1.165, 1.54) is 0 Å². The van der Waals surface area contributed by atoms with Gasteiger partial charge in [0, 0.05) is 11.2 Å². The normalized spacial score (nSPS) is 11.3. The van der Waals surface area contributed by atoms with Crippen LogP contribution in [0.2, 0.25) is 0 Å². The Morgan fingerprint density at radius 1 is 1.35 bits per heavy atom. The summed E-state index contributed by atoms with van der Waals surface area (Å²) >= 11 is 0. The van der Waals surface area contributed by atoms with Gasteiger partial charge in [-0.2, -0.15) is 0 Å². The summed E-state index contributed by atoms with van der Waals surface area (Å²) in [6, 6.07) is 5.53. The van der Waals surface area contributed by atoms with Crippen LogP contribution in [0.5, 0.6) is 0 Å². The highest BCUT2D eigenvalue weighted by molar-refractivity contribution is 6.00. The number of nitrogen functional groups attached to an aromatic ring is 1. The van der Waals surface area contributed by atoms with Crippen LogP contribution in [0.4, 0.5) is 5.69 Å². The summed E-state index contributed by atoms with van der Waals surface area (Å²) in [5.74, 6) is -0.0857. The number of carbonyl (C=O) groups is 1. The van der Waals surface area contributed by atoms with E-state index in [-0.39, 0.29) is 11.4 Å². The van der Waals surface area contributed by atoms with E-state index in [4.69, 9.17) is 5.73 Å². The second-order valence-corrected chi connectivity index (χ2v) is 4.76. The highest BCUT2D eigenvalue weighted by Crippen LogP contribution is 2.19. The van der Waals surface area contributed by atoms with Crippen molar-refractivity contribution in [2.45, 2.75) is 46.1 Å². The third-order valence-electron chi connectivity index (χ3n) is 3.54. The van der Waals surface area contributed by atoms with Crippen molar-refractivity contribution in [1.29, 1.82) is 0 Å². The van der Waals surface area contributed by atoms with E-state index in [9.17, 15) is 4.79 Å². The molecule has 0 heterocycles. The van der Waals surface area contributed by atoms with E-state index in [1.54, 1.807) is 6.07 Å². The molecule has 3 heteroatoms. The Morgan fingerprint density at radius 2 is 1.94 bits per heavy atom. The molecule has 1 rings (SSSR count). The van der Waals surface area contributed by atoms with Crippen LogP contribution in [-0.4, -0.2) is 11.4 Å². The van der Waals surface area contributed by atoms with Gasteiger partial charge in [0.1, 0.15) is 0 Å². The van der Waals surface area contributed by atoms with Gasteiger partial charge in [0.25, 0.3) is 5.91 Å². The standard InChI is InChI=1S/C14H22N2O/c1-5-14(4,6-2)16-13(17)11-9-7-8-10(3)12(11)15/h7-9H,5-6,15H2,1-4H3,(H,16,17). The molecule has 3 N–H and O–H groups in total. The van der Waals surface area contributed by atoms with Gasteiger partial charge >= 0.3 is 0 Å². The van der Waals surface area contributed by atoms with Gasteiger partial charge in [-0.05, 0) is 38.3 Å². The number of hydrogen-bond donors (Lipinski definition) is 2. The monoisotopic (exact) mass is 234 g/mol. The van der Waals surface area contributed by atoms with Crippen molar-refractivity contribution < 1.29 is 4.79 Å². The molecule has 0 radical (unpaired) electrons. The summed E-state index contributed by atoms with van der Waals surface area (Å²) < 4.78 is 0. The lowest BCUT2D eigenvalue weighted by atomic mass is 9.94. The molecule has 0 aromatic heterocycles. The Bertz CT molecular complexity index is 409. The molecule has 1 aromatic rings. The van der Waals surface area contributed by atoms with Gasteiger partial charge < -0.3 is 11.1 Å². The quantitative estimate of drug-likeness (QED) is 0.787. The third kappa shape index (κ3) is 2.99. The van der Waals surface area contributed by atoms with Crippen LogP contribution < -0.4 is 11.1 Å². The Balaban J connectivity index is 2.94. The molecular formula is C14H22N2O. The fraction of sp³-hybridized carbons (Fsp3) is 0.500. The summed E-state index contributed by atoms with van der Waals surface area (Å²) in [6.07, 6.45) is 1.81. The number of para-hydroxylation sites is 1. The molecule has 0 bridgehead atoms. The zero-order valence-electron chi connectivity index (χ0n) is 11.1. The molecule has 0 atom stereocenters. The maximum Gasteiger partial charge on any atom is 0.253 e. The van der Waals surface area contributed by atoms with E-state index in [0.29, 0.717) is 11.3 Å². The smallest absolute Gasteiger partial charge is 0.253 e. The number of aryl methyl sites for hydroxylation is 1. The Kier molecular flexibility index (Phi) is 4.16. The minimum Gasteiger partial charge on any atom is -0.398 e. The molecule has 0 spiro atoms. The van der Waals surface area contributed by atoms with Gasteiger partial charge in [0.05, 0.1) is 5.56 Å². The molecular weight excluding hydrogens is 212 g/mol. The molecule has 0 aliphatic carbocycles. The fourth-order valence-corrected chi connectivity index (χ4v) is 1.65. The van der Waals surface area contributed by atoms with Crippen molar-refractivity contribution in [1.82, 2.24) is 5.32 Å². The summed E-state index contributed by atoms with van der Waals surface area (Å²) in [6.45, 7) is 8.11. The largest absolute Gasteiger partial charge is 0.398 e. The van der Waals surface area contributed by atoms with E-state index >= 15 is 0 Å². The first-order valence-electron chi connectivity index (χ1n) is 6.11. The molecule has 0 saturated carbocycles. The van der Waals surface area contributed by atoms with Crippen LogP contribution in [-0.2, 0) is 0 Å². The average Bonchev–Trinajstić information content (AvgIpc) is 2.32. The highest BCUT2D eigenvalue weighted by Gasteiger charge is 2.23. The molecule has 94 valence electrons. The molecule has 0 unspecified atom stereocenters.